The van der Waals surface area contributed by atoms with Crippen molar-refractivity contribution in [1.82, 2.24) is 9.99 Å². The van der Waals surface area contributed by atoms with Gasteiger partial charge in [-0.1, -0.05) is 23.7 Å². The Hall–Kier alpha value is -3.38. The number of ether oxygens (including phenoxy) is 2. The molecule has 3 aromatic rings. The van der Waals surface area contributed by atoms with E-state index in [0.717, 1.165) is 28.3 Å². The lowest BCUT2D eigenvalue weighted by molar-refractivity contribution is 0.0711. The molecule has 2 heterocycles. The van der Waals surface area contributed by atoms with Crippen molar-refractivity contribution in [3.63, 3.8) is 0 Å². The van der Waals surface area contributed by atoms with E-state index in [2.05, 4.69) is 10.1 Å². The summed E-state index contributed by atoms with van der Waals surface area (Å²) in [6.07, 6.45) is 2.12. The molecule has 0 N–H and O–H groups in total. The summed E-state index contributed by atoms with van der Waals surface area (Å²) in [6, 6.07) is 18.3. The predicted molar refractivity (Wildman–Crippen MR) is 115 cm³/mol. The summed E-state index contributed by atoms with van der Waals surface area (Å²) in [7, 11) is 3.25. The Labute approximate surface area is 179 Å². The first-order chi connectivity index (χ1) is 14.6. The molecule has 0 saturated heterocycles. The molecular weight excluding hydrogens is 402 g/mol. The van der Waals surface area contributed by atoms with Gasteiger partial charge in [-0.05, 0) is 59.7 Å². The molecule has 30 heavy (non-hydrogen) atoms. The number of hydrazone groups is 1. The van der Waals surface area contributed by atoms with E-state index in [0.29, 0.717) is 12.0 Å². The zero-order valence-electron chi connectivity index (χ0n) is 16.6. The van der Waals surface area contributed by atoms with Gasteiger partial charge in [-0.25, -0.2) is 9.99 Å². The minimum Gasteiger partial charge on any atom is -0.497 e. The first kappa shape index (κ1) is 19.9. The van der Waals surface area contributed by atoms with E-state index >= 15 is 0 Å². The van der Waals surface area contributed by atoms with Crippen LogP contribution in [0, 0.1) is 0 Å². The Kier molecular flexibility index (Phi) is 5.68. The van der Waals surface area contributed by atoms with Gasteiger partial charge in [-0.15, -0.1) is 0 Å². The number of amides is 1. The maximum Gasteiger partial charge on any atom is 0.277 e. The van der Waals surface area contributed by atoms with Gasteiger partial charge in [0.2, 0.25) is 0 Å². The van der Waals surface area contributed by atoms with Gasteiger partial charge >= 0.3 is 0 Å². The maximum absolute atomic E-state index is 13.3. The molecule has 1 aromatic heterocycles. The number of aromatic nitrogens is 1. The Balaban J connectivity index is 1.72. The number of carbonyl (C=O) groups is 1. The second kappa shape index (κ2) is 8.55. The summed E-state index contributed by atoms with van der Waals surface area (Å²) in [4.78, 5) is 17.3. The first-order valence-corrected chi connectivity index (χ1v) is 9.78. The molecule has 1 aliphatic heterocycles. The second-order valence-electron chi connectivity index (χ2n) is 6.76. The summed E-state index contributed by atoms with van der Waals surface area (Å²) in [5.74, 6) is 1.22. The fraction of sp³-hybridized carbons (Fsp3) is 0.174. The minimum absolute atomic E-state index is 0.157. The van der Waals surface area contributed by atoms with E-state index in [1.807, 2.05) is 48.5 Å². The minimum atomic E-state index is -0.294. The van der Waals surface area contributed by atoms with Crippen molar-refractivity contribution < 1.29 is 14.3 Å². The van der Waals surface area contributed by atoms with E-state index in [1.165, 1.54) is 5.01 Å². The number of halogens is 1. The summed E-state index contributed by atoms with van der Waals surface area (Å²) in [6.45, 7) is 0. The van der Waals surface area contributed by atoms with Crippen molar-refractivity contribution in [2.45, 2.75) is 12.5 Å². The Morgan fingerprint density at radius 3 is 2.23 bits per heavy atom. The Bertz CT molecular complexity index is 1080. The van der Waals surface area contributed by atoms with Gasteiger partial charge in [0.15, 0.2) is 0 Å². The van der Waals surface area contributed by atoms with Gasteiger partial charge in [0.05, 0.1) is 31.5 Å². The first-order valence-electron chi connectivity index (χ1n) is 9.40. The van der Waals surface area contributed by atoms with E-state index in [1.54, 1.807) is 32.5 Å². The molecule has 6 nitrogen and oxygen atoms in total. The summed E-state index contributed by atoms with van der Waals surface area (Å²) < 4.78 is 10.5. The van der Waals surface area contributed by atoms with E-state index in [4.69, 9.17) is 21.1 Å². The molecule has 0 aliphatic carbocycles. The molecule has 152 valence electrons. The molecule has 7 heteroatoms. The van der Waals surface area contributed by atoms with Crippen LogP contribution in [0.5, 0.6) is 11.5 Å². The van der Waals surface area contributed by atoms with Crippen LogP contribution < -0.4 is 9.47 Å². The van der Waals surface area contributed by atoms with Crippen LogP contribution in [-0.4, -0.2) is 35.8 Å². The van der Waals surface area contributed by atoms with Gasteiger partial charge in [0.25, 0.3) is 5.91 Å². The summed E-state index contributed by atoms with van der Waals surface area (Å²) in [5, 5.41) is 6.32. The van der Waals surface area contributed by atoms with Crippen molar-refractivity contribution in [3.05, 3.63) is 88.7 Å². The highest BCUT2D eigenvalue weighted by Gasteiger charge is 2.34. The van der Waals surface area contributed by atoms with Gasteiger partial charge in [0.1, 0.15) is 16.7 Å². The standard InChI is InChI=1S/C23H20ClN3O3/c1-29-17-9-5-15(6-10-17)20-14-21(16-7-11-18(30-2)12-8-16)27(26-20)23(28)19-4-3-13-25-22(19)24/h3-13,21H,14H2,1-2H3. The molecule has 0 saturated carbocycles. The highest BCUT2D eigenvalue weighted by molar-refractivity contribution is 6.32. The molecule has 1 aliphatic rings. The average molecular weight is 422 g/mol. The molecule has 1 unspecified atom stereocenters. The van der Waals surface area contributed by atoms with Crippen LogP contribution >= 0.6 is 11.6 Å². The topological polar surface area (TPSA) is 64.0 Å². The molecule has 0 bridgehead atoms. The van der Waals surface area contributed by atoms with Crippen molar-refractivity contribution in [3.8, 4) is 11.5 Å². The van der Waals surface area contributed by atoms with Crippen LogP contribution in [0.25, 0.3) is 0 Å². The molecular formula is C23H20ClN3O3. The smallest absolute Gasteiger partial charge is 0.277 e. The second-order valence-corrected chi connectivity index (χ2v) is 7.12. The molecule has 1 atom stereocenters. The van der Waals surface area contributed by atoms with Crippen molar-refractivity contribution in [1.29, 1.82) is 0 Å². The third-order valence-electron chi connectivity index (χ3n) is 5.03. The van der Waals surface area contributed by atoms with Gasteiger partial charge < -0.3 is 9.47 Å². The third kappa shape index (κ3) is 3.86. The van der Waals surface area contributed by atoms with Crippen LogP contribution in [0.15, 0.2) is 72.0 Å². The highest BCUT2D eigenvalue weighted by atomic mass is 35.5. The molecule has 0 fully saturated rings. The lowest BCUT2D eigenvalue weighted by Gasteiger charge is -2.22. The van der Waals surface area contributed by atoms with E-state index in [9.17, 15) is 4.79 Å². The van der Waals surface area contributed by atoms with E-state index < -0.39 is 0 Å². The number of hydrogen-bond donors (Lipinski definition) is 0. The summed E-state index contributed by atoms with van der Waals surface area (Å²) in [5.41, 5.74) is 3.02. The summed E-state index contributed by atoms with van der Waals surface area (Å²) >= 11 is 6.18. The molecule has 0 spiro atoms. The SMILES string of the molecule is COc1ccc(C2=NN(C(=O)c3cccnc3Cl)C(c3ccc(OC)cc3)C2)cc1. The zero-order chi connectivity index (χ0) is 21.1. The predicted octanol–water partition coefficient (Wildman–Crippen LogP) is 4.74. The Morgan fingerprint density at radius 2 is 1.63 bits per heavy atom. The monoisotopic (exact) mass is 421 g/mol. The molecule has 1 amide bonds. The van der Waals surface area contributed by atoms with Crippen molar-refractivity contribution in [2.75, 3.05) is 14.2 Å². The number of methoxy groups -OCH3 is 2. The van der Waals surface area contributed by atoms with Crippen LogP contribution in [0.4, 0.5) is 0 Å². The third-order valence-corrected chi connectivity index (χ3v) is 5.33. The molecule has 4 rings (SSSR count). The van der Waals surface area contributed by atoms with Crippen LogP contribution in [0.2, 0.25) is 5.15 Å². The normalized spacial score (nSPS) is 15.6. The van der Waals surface area contributed by atoms with E-state index in [-0.39, 0.29) is 17.1 Å². The number of nitrogens with zero attached hydrogens (tertiary/aromatic N) is 3. The van der Waals surface area contributed by atoms with Crippen molar-refractivity contribution in [2.24, 2.45) is 5.10 Å². The molecule has 0 radical (unpaired) electrons. The molecule has 2 aromatic carbocycles. The van der Waals surface area contributed by atoms with Gasteiger partial charge in [0, 0.05) is 12.6 Å². The maximum atomic E-state index is 13.3. The fourth-order valence-electron chi connectivity index (χ4n) is 3.41. The number of benzene rings is 2. The fourth-order valence-corrected chi connectivity index (χ4v) is 3.61. The van der Waals surface area contributed by atoms with Crippen LogP contribution in [0.1, 0.15) is 33.9 Å². The lowest BCUT2D eigenvalue weighted by Crippen LogP contribution is -2.27. The largest absolute Gasteiger partial charge is 0.497 e. The zero-order valence-corrected chi connectivity index (χ0v) is 17.3. The lowest BCUT2D eigenvalue weighted by atomic mass is 9.98. The number of carbonyl (C=O) groups excluding carboxylic acids is 1. The Morgan fingerprint density at radius 1 is 1.00 bits per heavy atom. The number of hydrogen-bond acceptors (Lipinski definition) is 5. The average Bonchev–Trinajstić information content (AvgIpc) is 3.24. The van der Waals surface area contributed by atoms with Crippen LogP contribution in [-0.2, 0) is 0 Å². The van der Waals surface area contributed by atoms with Gasteiger partial charge in [-0.2, -0.15) is 5.10 Å². The highest BCUT2D eigenvalue weighted by Crippen LogP contribution is 2.35. The van der Waals surface area contributed by atoms with Gasteiger partial charge in [-0.3, -0.25) is 4.79 Å². The number of rotatable bonds is 5. The van der Waals surface area contributed by atoms with Crippen LogP contribution in [0.3, 0.4) is 0 Å². The number of pyridine rings is 1. The van der Waals surface area contributed by atoms with Crippen molar-refractivity contribution >= 4 is 23.2 Å². The quantitative estimate of drug-likeness (QED) is 0.558.